The van der Waals surface area contributed by atoms with E-state index in [4.69, 9.17) is 4.43 Å². The molecule has 5 heteroatoms. The standard InChI is InChI=1S/C21H43NO2Si2/c1-14-15(2)18-17(16(3)24-26(12,13)21(7,8)9)19(23)22(18)25(10,11)20(4,5)6/h14-18H,1H2,2-13H3/t15?,16-,17-,18-/m1/s1. The zero-order valence-corrected chi connectivity index (χ0v) is 21.4. The minimum atomic E-state index is -1.92. The lowest BCUT2D eigenvalue weighted by Gasteiger charge is -2.61. The van der Waals surface area contributed by atoms with E-state index in [1.54, 1.807) is 0 Å². The normalized spacial score (nSPS) is 24.9. The number of amides is 1. The maximum atomic E-state index is 13.3. The van der Waals surface area contributed by atoms with Crippen molar-refractivity contribution in [2.75, 3.05) is 0 Å². The van der Waals surface area contributed by atoms with E-state index in [2.05, 4.69) is 92.7 Å². The maximum absolute atomic E-state index is 13.3. The third-order valence-corrected chi connectivity index (χ3v) is 17.3. The summed E-state index contributed by atoms with van der Waals surface area (Å²) in [5.74, 6) is 0.519. The van der Waals surface area contributed by atoms with Crippen molar-refractivity contribution >= 4 is 22.5 Å². The predicted molar refractivity (Wildman–Crippen MR) is 118 cm³/mol. The number of hydrogen-bond donors (Lipinski definition) is 0. The molecule has 1 aliphatic heterocycles. The Balaban J connectivity index is 3.18. The van der Waals surface area contributed by atoms with Crippen LogP contribution in [-0.4, -0.2) is 39.2 Å². The number of hydrogen-bond acceptors (Lipinski definition) is 2. The average Bonchev–Trinajstić information content (AvgIpc) is 2.40. The van der Waals surface area contributed by atoms with E-state index in [1.165, 1.54) is 0 Å². The zero-order chi connectivity index (χ0) is 20.9. The first-order chi connectivity index (χ1) is 11.4. The molecule has 0 aromatic heterocycles. The Morgan fingerprint density at radius 3 is 1.85 bits per heavy atom. The van der Waals surface area contributed by atoms with Gasteiger partial charge in [-0.15, -0.1) is 6.58 Å². The summed E-state index contributed by atoms with van der Waals surface area (Å²) in [4.78, 5) is 13.3. The van der Waals surface area contributed by atoms with Gasteiger partial charge in [0.25, 0.3) is 0 Å². The third-order valence-electron chi connectivity index (χ3n) is 7.33. The van der Waals surface area contributed by atoms with E-state index in [0.29, 0.717) is 5.91 Å². The number of rotatable bonds is 6. The first-order valence-corrected chi connectivity index (χ1v) is 15.9. The summed E-state index contributed by atoms with van der Waals surface area (Å²) >= 11 is 0. The molecule has 1 aliphatic rings. The average molecular weight is 398 g/mol. The van der Waals surface area contributed by atoms with Gasteiger partial charge in [0.2, 0.25) is 5.91 Å². The van der Waals surface area contributed by atoms with Crippen molar-refractivity contribution in [1.29, 1.82) is 0 Å². The van der Waals surface area contributed by atoms with E-state index in [1.807, 2.05) is 6.08 Å². The summed E-state index contributed by atoms with van der Waals surface area (Å²) in [5.41, 5.74) is 0. The van der Waals surface area contributed by atoms with Gasteiger partial charge in [-0.3, -0.25) is 4.79 Å². The third kappa shape index (κ3) is 4.04. The summed E-state index contributed by atoms with van der Waals surface area (Å²) < 4.78 is 8.87. The van der Waals surface area contributed by atoms with Crippen LogP contribution in [0.2, 0.25) is 36.3 Å². The Morgan fingerprint density at radius 2 is 1.50 bits per heavy atom. The van der Waals surface area contributed by atoms with E-state index < -0.39 is 16.6 Å². The highest BCUT2D eigenvalue weighted by Gasteiger charge is 2.60. The van der Waals surface area contributed by atoms with Crippen molar-refractivity contribution in [3.63, 3.8) is 0 Å². The fourth-order valence-electron chi connectivity index (χ4n) is 3.44. The predicted octanol–water partition coefficient (Wildman–Crippen LogP) is 6.05. The molecule has 0 saturated carbocycles. The summed E-state index contributed by atoms with van der Waals surface area (Å²) in [6.45, 7) is 31.1. The van der Waals surface area contributed by atoms with Crippen LogP contribution < -0.4 is 0 Å². The minimum Gasteiger partial charge on any atom is -0.413 e. The maximum Gasteiger partial charge on any atom is 0.222 e. The van der Waals surface area contributed by atoms with Crippen molar-refractivity contribution in [3.05, 3.63) is 12.7 Å². The molecule has 3 nitrogen and oxygen atoms in total. The Labute approximate surface area is 164 Å². The smallest absolute Gasteiger partial charge is 0.222 e. The topological polar surface area (TPSA) is 29.5 Å². The van der Waals surface area contributed by atoms with Crippen LogP contribution >= 0.6 is 0 Å². The highest BCUT2D eigenvalue weighted by molar-refractivity contribution is 6.80. The molecule has 0 aromatic carbocycles. The van der Waals surface area contributed by atoms with Crippen LogP contribution in [-0.2, 0) is 9.22 Å². The van der Waals surface area contributed by atoms with E-state index in [0.717, 1.165) is 0 Å². The molecule has 152 valence electrons. The lowest BCUT2D eigenvalue weighted by molar-refractivity contribution is -0.156. The van der Waals surface area contributed by atoms with Gasteiger partial charge in [0.05, 0.1) is 12.0 Å². The largest absolute Gasteiger partial charge is 0.413 e. The monoisotopic (exact) mass is 397 g/mol. The lowest BCUT2D eigenvalue weighted by atomic mass is 9.79. The SMILES string of the molecule is C=CC(C)[C@@H]1[C@@H]([C@@H](C)O[Si](C)(C)C(C)(C)C)C(=O)N1[Si](C)(C)C(C)(C)C. The molecule has 1 unspecified atom stereocenters. The summed E-state index contributed by atoms with van der Waals surface area (Å²) in [5, 5.41) is 0.281. The van der Waals surface area contributed by atoms with Gasteiger partial charge >= 0.3 is 0 Å². The van der Waals surface area contributed by atoms with Gasteiger partial charge < -0.3 is 8.99 Å². The lowest BCUT2D eigenvalue weighted by Crippen LogP contribution is -2.76. The van der Waals surface area contributed by atoms with Gasteiger partial charge in [-0.1, -0.05) is 67.6 Å². The first-order valence-electron chi connectivity index (χ1n) is 10.0. The van der Waals surface area contributed by atoms with E-state index >= 15 is 0 Å². The van der Waals surface area contributed by atoms with Crippen molar-refractivity contribution in [2.24, 2.45) is 11.8 Å². The van der Waals surface area contributed by atoms with Crippen LogP contribution in [0.25, 0.3) is 0 Å². The van der Waals surface area contributed by atoms with E-state index in [-0.39, 0.29) is 34.1 Å². The molecule has 0 aliphatic carbocycles. The van der Waals surface area contributed by atoms with E-state index in [9.17, 15) is 4.79 Å². The van der Waals surface area contributed by atoms with Gasteiger partial charge in [-0.2, -0.15) is 0 Å². The molecule has 0 N–H and O–H groups in total. The van der Waals surface area contributed by atoms with Crippen molar-refractivity contribution in [3.8, 4) is 0 Å². The molecule has 1 fully saturated rings. The van der Waals surface area contributed by atoms with Crippen LogP contribution in [0.5, 0.6) is 0 Å². The van der Waals surface area contributed by atoms with Gasteiger partial charge in [0, 0.05) is 6.04 Å². The van der Waals surface area contributed by atoms with Crippen molar-refractivity contribution < 1.29 is 9.22 Å². The Hall–Kier alpha value is -0.396. The number of carbonyl (C=O) groups excluding carboxylic acids is 1. The quantitative estimate of drug-likeness (QED) is 0.310. The van der Waals surface area contributed by atoms with Crippen molar-refractivity contribution in [1.82, 2.24) is 4.57 Å². The Bertz CT molecular complexity index is 543. The molecule has 0 spiro atoms. The molecule has 26 heavy (non-hydrogen) atoms. The second kappa shape index (κ2) is 7.21. The van der Waals surface area contributed by atoms with Crippen molar-refractivity contribution in [2.45, 2.75) is 104 Å². The minimum absolute atomic E-state index is 0.0446. The summed E-state index contributed by atoms with van der Waals surface area (Å²) in [6, 6.07) is 0.209. The highest BCUT2D eigenvalue weighted by Crippen LogP contribution is 2.48. The van der Waals surface area contributed by atoms with Gasteiger partial charge in [-0.25, -0.2) is 0 Å². The van der Waals surface area contributed by atoms with Crippen LogP contribution in [0.15, 0.2) is 12.7 Å². The molecule has 0 bridgehead atoms. The number of β-lactam (4-membered cyclic amide) rings is 1. The van der Waals surface area contributed by atoms with Crippen LogP contribution in [0.1, 0.15) is 55.4 Å². The molecular formula is C21H43NO2Si2. The molecule has 4 atom stereocenters. The highest BCUT2D eigenvalue weighted by atomic mass is 28.4. The fraction of sp³-hybridized carbons (Fsp3) is 0.857. The Kier molecular flexibility index (Phi) is 6.56. The van der Waals surface area contributed by atoms with Crippen LogP contribution in [0, 0.1) is 11.8 Å². The van der Waals surface area contributed by atoms with Crippen LogP contribution in [0.4, 0.5) is 0 Å². The molecule has 1 heterocycles. The molecular weight excluding hydrogens is 354 g/mol. The molecule has 0 radical (unpaired) electrons. The van der Waals surface area contributed by atoms with Gasteiger partial charge in [0.1, 0.15) is 0 Å². The van der Waals surface area contributed by atoms with Gasteiger partial charge in [0.15, 0.2) is 16.6 Å². The first kappa shape index (κ1) is 23.6. The summed E-state index contributed by atoms with van der Waals surface area (Å²) in [7, 11) is -3.82. The number of carbonyl (C=O) groups is 1. The molecule has 1 saturated heterocycles. The molecule has 1 amide bonds. The molecule has 1 rings (SSSR count). The van der Waals surface area contributed by atoms with Crippen LogP contribution in [0.3, 0.4) is 0 Å². The Morgan fingerprint density at radius 1 is 1.04 bits per heavy atom. The molecule has 0 aromatic rings. The second-order valence-corrected chi connectivity index (χ2v) is 21.1. The zero-order valence-electron chi connectivity index (χ0n) is 19.4. The summed E-state index contributed by atoms with van der Waals surface area (Å²) in [6.07, 6.45) is 1.96. The fourth-order valence-corrected chi connectivity index (χ4v) is 7.43. The van der Waals surface area contributed by atoms with Gasteiger partial charge in [-0.05, 0) is 36.0 Å². The number of nitrogens with zero attached hydrogens (tertiary/aromatic N) is 1. The second-order valence-electron chi connectivity index (χ2n) is 11.2.